The number of carbonyl (C=O) groups excluding carboxylic acids is 2. The summed E-state index contributed by atoms with van der Waals surface area (Å²) in [6.07, 6.45) is 0. The number of Topliss-reactive ketones (excluding diaryl/α,β-unsaturated/α-hetero) is 1. The molecule has 1 aliphatic rings. The van der Waals surface area contributed by atoms with Gasteiger partial charge in [0, 0.05) is 30.0 Å². The van der Waals surface area contributed by atoms with Gasteiger partial charge in [-0.25, -0.2) is 4.68 Å². The molecule has 1 N–H and O–H groups in total. The number of carbonyl (C=O) groups is 2. The van der Waals surface area contributed by atoms with Gasteiger partial charge in [0.25, 0.3) is 0 Å². The monoisotopic (exact) mass is 435 g/mol. The van der Waals surface area contributed by atoms with Crippen LogP contribution in [0.4, 0.5) is 17.3 Å². The van der Waals surface area contributed by atoms with Crippen molar-refractivity contribution in [3.05, 3.63) is 74.8 Å². The van der Waals surface area contributed by atoms with Crippen molar-refractivity contribution >= 4 is 29.0 Å². The van der Waals surface area contributed by atoms with Gasteiger partial charge in [-0.2, -0.15) is 0 Å². The second kappa shape index (κ2) is 8.50. The molecule has 0 fully saturated rings. The summed E-state index contributed by atoms with van der Waals surface area (Å²) in [6, 6.07) is 13.6. The van der Waals surface area contributed by atoms with Crippen LogP contribution in [0.1, 0.15) is 17.3 Å². The molecule has 3 aromatic rings. The third kappa shape index (κ3) is 4.02. The molecule has 10 nitrogen and oxygen atoms in total. The van der Waals surface area contributed by atoms with Gasteiger partial charge in [0.15, 0.2) is 5.78 Å². The highest BCUT2D eigenvalue weighted by molar-refractivity contribution is 5.95. The number of hydrogen-bond acceptors (Lipinski definition) is 7. The zero-order chi connectivity index (χ0) is 22.8. The molecule has 2 aromatic carbocycles. The zero-order valence-electron chi connectivity index (χ0n) is 17.6. The van der Waals surface area contributed by atoms with Gasteiger partial charge >= 0.3 is 11.1 Å². The first kappa shape index (κ1) is 21.0. The normalized spacial score (nSPS) is 12.4. The van der Waals surface area contributed by atoms with Crippen molar-refractivity contribution in [2.75, 3.05) is 23.9 Å². The van der Waals surface area contributed by atoms with E-state index in [2.05, 4.69) is 10.4 Å². The molecule has 4 rings (SSSR count). The predicted molar refractivity (Wildman–Crippen MR) is 118 cm³/mol. The molecule has 0 bridgehead atoms. The summed E-state index contributed by atoms with van der Waals surface area (Å²) in [5, 5.41) is 6.93. The SMILES string of the molecule is COc1ccc(N2CCn3c2nn(CC(=O)Nc2ccc(C(C)=O)cc2)c(=O)c3=O)cc1. The summed E-state index contributed by atoms with van der Waals surface area (Å²) >= 11 is 0. The summed E-state index contributed by atoms with van der Waals surface area (Å²) < 4.78 is 7.35. The molecule has 1 aromatic heterocycles. The Bertz CT molecular complexity index is 1290. The van der Waals surface area contributed by atoms with Gasteiger partial charge in [-0.15, -0.1) is 5.10 Å². The topological polar surface area (TPSA) is 116 Å². The van der Waals surface area contributed by atoms with Crippen molar-refractivity contribution in [2.24, 2.45) is 0 Å². The summed E-state index contributed by atoms with van der Waals surface area (Å²) in [6.45, 7) is 1.81. The summed E-state index contributed by atoms with van der Waals surface area (Å²) in [5.41, 5.74) is 0.165. The Hall–Kier alpha value is -4.21. The van der Waals surface area contributed by atoms with E-state index >= 15 is 0 Å². The van der Waals surface area contributed by atoms with Crippen molar-refractivity contribution in [3.63, 3.8) is 0 Å². The smallest absolute Gasteiger partial charge is 0.333 e. The number of ketones is 1. The highest BCUT2D eigenvalue weighted by atomic mass is 16.5. The first-order chi connectivity index (χ1) is 15.4. The molecule has 0 spiro atoms. The average molecular weight is 435 g/mol. The fraction of sp³-hybridized carbons (Fsp3) is 0.227. The van der Waals surface area contributed by atoms with Crippen LogP contribution in [-0.2, 0) is 17.9 Å². The molecule has 32 heavy (non-hydrogen) atoms. The number of fused-ring (bicyclic) bond motifs is 1. The minimum absolute atomic E-state index is 0.0846. The first-order valence-corrected chi connectivity index (χ1v) is 9.92. The van der Waals surface area contributed by atoms with Crippen LogP contribution in [-0.4, -0.2) is 39.7 Å². The van der Waals surface area contributed by atoms with Gasteiger partial charge in [0.05, 0.1) is 7.11 Å². The standard InChI is InChI=1S/C22H21N5O5/c1-14(28)15-3-5-16(6-4-15)23-19(29)13-27-21(31)20(30)26-12-11-25(22(26)24-27)17-7-9-18(32-2)10-8-17/h3-10H,11-13H2,1-2H3,(H,23,29). The number of amides is 1. The Morgan fingerprint density at radius 1 is 1.00 bits per heavy atom. The fourth-order valence-corrected chi connectivity index (χ4v) is 3.46. The summed E-state index contributed by atoms with van der Waals surface area (Å²) in [7, 11) is 1.57. The molecule has 10 heteroatoms. The highest BCUT2D eigenvalue weighted by Crippen LogP contribution is 2.27. The van der Waals surface area contributed by atoms with Gasteiger partial charge in [0.1, 0.15) is 12.3 Å². The lowest BCUT2D eigenvalue weighted by molar-refractivity contribution is -0.117. The lowest BCUT2D eigenvalue weighted by Gasteiger charge is -2.18. The first-order valence-electron chi connectivity index (χ1n) is 9.92. The third-order valence-corrected chi connectivity index (χ3v) is 5.16. The molecule has 1 aliphatic heterocycles. The van der Waals surface area contributed by atoms with Crippen LogP contribution in [0.3, 0.4) is 0 Å². The maximum Gasteiger partial charge on any atom is 0.333 e. The number of nitrogens with zero attached hydrogens (tertiary/aromatic N) is 4. The maximum atomic E-state index is 12.6. The molecule has 0 saturated carbocycles. The molecule has 2 heterocycles. The summed E-state index contributed by atoms with van der Waals surface area (Å²) in [5.74, 6) is 0.377. The van der Waals surface area contributed by atoms with E-state index < -0.39 is 23.6 Å². The van der Waals surface area contributed by atoms with E-state index in [0.29, 0.717) is 36.0 Å². The number of anilines is 3. The Morgan fingerprint density at radius 3 is 2.31 bits per heavy atom. The van der Waals surface area contributed by atoms with Crippen LogP contribution >= 0.6 is 0 Å². The van der Waals surface area contributed by atoms with Crippen LogP contribution in [0.15, 0.2) is 58.1 Å². The number of aromatic nitrogens is 3. The largest absolute Gasteiger partial charge is 0.497 e. The molecule has 0 atom stereocenters. The average Bonchev–Trinajstić information content (AvgIpc) is 3.21. The molecule has 0 saturated heterocycles. The number of hydrogen-bond donors (Lipinski definition) is 1. The number of rotatable bonds is 6. The van der Waals surface area contributed by atoms with Crippen LogP contribution in [0.5, 0.6) is 5.75 Å². The Kier molecular flexibility index (Phi) is 5.59. The van der Waals surface area contributed by atoms with Crippen molar-refractivity contribution in [3.8, 4) is 5.75 Å². The van der Waals surface area contributed by atoms with Crippen LogP contribution in [0.25, 0.3) is 0 Å². The number of benzene rings is 2. The molecule has 1 amide bonds. The summed E-state index contributed by atoms with van der Waals surface area (Å²) in [4.78, 5) is 50.7. The van der Waals surface area contributed by atoms with Crippen molar-refractivity contribution < 1.29 is 14.3 Å². The van der Waals surface area contributed by atoms with E-state index in [0.717, 1.165) is 10.4 Å². The number of nitrogens with one attached hydrogen (secondary N) is 1. The molecule has 0 unspecified atom stereocenters. The van der Waals surface area contributed by atoms with E-state index in [1.54, 1.807) is 48.4 Å². The van der Waals surface area contributed by atoms with Crippen LogP contribution in [0.2, 0.25) is 0 Å². The maximum absolute atomic E-state index is 12.6. The zero-order valence-corrected chi connectivity index (χ0v) is 17.6. The third-order valence-electron chi connectivity index (χ3n) is 5.16. The van der Waals surface area contributed by atoms with E-state index in [-0.39, 0.29) is 5.78 Å². The lowest BCUT2D eigenvalue weighted by Crippen LogP contribution is -2.44. The van der Waals surface area contributed by atoms with E-state index in [1.165, 1.54) is 11.5 Å². The van der Waals surface area contributed by atoms with Gasteiger partial charge < -0.3 is 15.0 Å². The number of methoxy groups -OCH3 is 1. The van der Waals surface area contributed by atoms with E-state index in [9.17, 15) is 19.2 Å². The van der Waals surface area contributed by atoms with Gasteiger partial charge in [-0.05, 0) is 55.5 Å². The molecular weight excluding hydrogens is 414 g/mol. The Morgan fingerprint density at radius 2 is 1.69 bits per heavy atom. The van der Waals surface area contributed by atoms with Gasteiger partial charge in [-0.1, -0.05) is 0 Å². The lowest BCUT2D eigenvalue weighted by atomic mass is 10.1. The van der Waals surface area contributed by atoms with E-state index in [1.807, 2.05) is 12.1 Å². The Balaban J connectivity index is 1.58. The molecule has 164 valence electrons. The van der Waals surface area contributed by atoms with Crippen LogP contribution in [0, 0.1) is 0 Å². The number of ether oxygens (including phenoxy) is 1. The molecular formula is C22H21N5O5. The minimum Gasteiger partial charge on any atom is -0.497 e. The second-order valence-corrected chi connectivity index (χ2v) is 7.25. The van der Waals surface area contributed by atoms with Crippen molar-refractivity contribution in [1.82, 2.24) is 14.3 Å². The quantitative estimate of drug-likeness (QED) is 0.460. The van der Waals surface area contributed by atoms with Crippen LogP contribution < -0.4 is 26.1 Å². The van der Waals surface area contributed by atoms with Crippen molar-refractivity contribution in [2.45, 2.75) is 20.0 Å². The van der Waals surface area contributed by atoms with E-state index in [4.69, 9.17) is 4.74 Å². The van der Waals surface area contributed by atoms with Gasteiger partial charge in [0.2, 0.25) is 11.9 Å². The highest BCUT2D eigenvalue weighted by Gasteiger charge is 2.26. The minimum atomic E-state index is -0.868. The van der Waals surface area contributed by atoms with Crippen molar-refractivity contribution in [1.29, 1.82) is 0 Å². The Labute approximate surface area is 182 Å². The van der Waals surface area contributed by atoms with Gasteiger partial charge in [-0.3, -0.25) is 23.7 Å². The fourth-order valence-electron chi connectivity index (χ4n) is 3.46. The second-order valence-electron chi connectivity index (χ2n) is 7.25. The molecule has 0 aliphatic carbocycles. The molecule has 0 radical (unpaired) electrons. The predicted octanol–water partition coefficient (Wildman–Crippen LogP) is 1.41.